The van der Waals surface area contributed by atoms with Gasteiger partial charge in [0, 0.05) is 5.92 Å². The molecule has 31 heavy (non-hydrogen) atoms. The molecule has 2 heteroatoms. The summed E-state index contributed by atoms with van der Waals surface area (Å²) in [6.45, 7) is 2.04. The summed E-state index contributed by atoms with van der Waals surface area (Å²) in [6, 6.07) is 40.8. The van der Waals surface area contributed by atoms with E-state index in [2.05, 4.69) is 41.7 Å². The van der Waals surface area contributed by atoms with Gasteiger partial charge in [0.05, 0.1) is 12.0 Å². The summed E-state index contributed by atoms with van der Waals surface area (Å²) < 4.78 is 0. The normalized spacial score (nSPS) is 12.8. The topological polar surface area (TPSA) is 29.1 Å². The highest BCUT2D eigenvalue weighted by atomic mass is 16.2. The van der Waals surface area contributed by atoms with Crippen molar-refractivity contribution in [1.29, 1.82) is 0 Å². The molecule has 0 heterocycles. The fourth-order valence-electron chi connectivity index (χ4n) is 4.18. The number of hydrogen-bond acceptors (Lipinski definition) is 1. The molecule has 0 saturated heterocycles. The zero-order valence-corrected chi connectivity index (χ0v) is 17.7. The van der Waals surface area contributed by atoms with Gasteiger partial charge < -0.3 is 5.32 Å². The van der Waals surface area contributed by atoms with Crippen molar-refractivity contribution in [3.8, 4) is 0 Å². The number of carbonyl (C=O) groups is 1. The minimum Gasteiger partial charge on any atom is -0.349 e. The van der Waals surface area contributed by atoms with Gasteiger partial charge in [-0.2, -0.15) is 0 Å². The van der Waals surface area contributed by atoms with Gasteiger partial charge in [0.1, 0.15) is 0 Å². The molecule has 0 aliphatic rings. The fraction of sp³-hybridized carbons (Fsp3) is 0.138. The predicted octanol–water partition coefficient (Wildman–Crippen LogP) is 6.48. The van der Waals surface area contributed by atoms with E-state index < -0.39 is 0 Å². The molecular weight excluding hydrogens is 378 g/mol. The molecule has 0 aliphatic carbocycles. The van der Waals surface area contributed by atoms with Gasteiger partial charge in [0.15, 0.2) is 0 Å². The molecule has 0 saturated carbocycles. The third-order valence-corrected chi connectivity index (χ3v) is 5.75. The van der Waals surface area contributed by atoms with Gasteiger partial charge in [-0.3, -0.25) is 4.79 Å². The summed E-state index contributed by atoms with van der Waals surface area (Å²) in [4.78, 5) is 13.8. The molecule has 0 spiro atoms. The van der Waals surface area contributed by atoms with E-state index in [1.54, 1.807) is 0 Å². The van der Waals surface area contributed by atoms with Gasteiger partial charge in [-0.05, 0) is 29.2 Å². The number of nitrogens with one attached hydrogen (secondary N) is 1. The molecule has 2 atom stereocenters. The molecule has 0 radical (unpaired) electrons. The Morgan fingerprint density at radius 1 is 0.548 bits per heavy atom. The third kappa shape index (κ3) is 4.92. The zero-order chi connectivity index (χ0) is 21.5. The SMILES string of the molecule is C[C@@H](NC(=O)[C@H](c1ccccc1)C(c1ccccc1)c1ccccc1)c1ccccc1. The molecule has 2 nitrogen and oxygen atoms in total. The Hall–Kier alpha value is -3.65. The standard InChI is InChI=1S/C29H27NO/c1-22(23-14-6-2-7-15-23)30-29(31)28(26-20-12-5-13-21-26)27(24-16-8-3-9-17-24)25-18-10-4-11-19-25/h2-22,27-28H,1H3,(H,30,31)/t22-,28-/m1/s1. The van der Waals surface area contributed by atoms with Crippen LogP contribution >= 0.6 is 0 Å². The minimum atomic E-state index is -0.350. The summed E-state index contributed by atoms with van der Waals surface area (Å²) in [5, 5.41) is 3.28. The quantitative estimate of drug-likeness (QED) is 0.375. The van der Waals surface area contributed by atoms with Crippen LogP contribution in [0.5, 0.6) is 0 Å². The molecule has 1 amide bonds. The third-order valence-electron chi connectivity index (χ3n) is 5.75. The van der Waals surface area contributed by atoms with Crippen LogP contribution in [0.3, 0.4) is 0 Å². The first-order valence-corrected chi connectivity index (χ1v) is 10.7. The van der Waals surface area contributed by atoms with Crippen LogP contribution in [0.2, 0.25) is 0 Å². The van der Waals surface area contributed by atoms with Gasteiger partial charge >= 0.3 is 0 Å². The van der Waals surface area contributed by atoms with Crippen LogP contribution in [0.4, 0.5) is 0 Å². The van der Waals surface area contributed by atoms with E-state index in [1.807, 2.05) is 91.9 Å². The molecule has 4 aromatic carbocycles. The lowest BCUT2D eigenvalue weighted by molar-refractivity contribution is -0.123. The lowest BCUT2D eigenvalue weighted by atomic mass is 9.76. The average molecular weight is 406 g/mol. The van der Waals surface area contributed by atoms with Gasteiger partial charge in [-0.15, -0.1) is 0 Å². The average Bonchev–Trinajstić information content (AvgIpc) is 2.84. The van der Waals surface area contributed by atoms with Crippen molar-refractivity contribution >= 4 is 5.91 Å². The molecule has 0 aliphatic heterocycles. The highest BCUT2D eigenvalue weighted by molar-refractivity contribution is 5.86. The Kier molecular flexibility index (Phi) is 6.59. The monoisotopic (exact) mass is 405 g/mol. The van der Waals surface area contributed by atoms with E-state index in [0.29, 0.717) is 0 Å². The Morgan fingerprint density at radius 3 is 1.32 bits per heavy atom. The summed E-state index contributed by atoms with van der Waals surface area (Å²) in [5.74, 6) is -0.412. The first-order chi connectivity index (χ1) is 15.2. The molecule has 4 aromatic rings. The van der Waals surface area contributed by atoms with E-state index in [-0.39, 0.29) is 23.8 Å². The number of hydrogen-bond donors (Lipinski definition) is 1. The minimum absolute atomic E-state index is 0.0280. The molecule has 1 N–H and O–H groups in total. The number of rotatable bonds is 7. The molecule has 154 valence electrons. The predicted molar refractivity (Wildman–Crippen MR) is 127 cm³/mol. The van der Waals surface area contributed by atoms with E-state index in [4.69, 9.17) is 0 Å². The second kappa shape index (κ2) is 9.90. The Morgan fingerprint density at radius 2 is 0.903 bits per heavy atom. The number of amides is 1. The molecule has 4 rings (SSSR count). The lowest BCUT2D eigenvalue weighted by Crippen LogP contribution is -2.35. The fourth-order valence-corrected chi connectivity index (χ4v) is 4.18. The second-order valence-corrected chi connectivity index (χ2v) is 7.83. The zero-order valence-electron chi connectivity index (χ0n) is 17.7. The maximum atomic E-state index is 13.8. The van der Waals surface area contributed by atoms with Crippen molar-refractivity contribution in [3.05, 3.63) is 144 Å². The summed E-state index contributed by atoms with van der Waals surface area (Å²) in [7, 11) is 0. The first kappa shape index (κ1) is 20.6. The Balaban J connectivity index is 1.76. The maximum Gasteiger partial charge on any atom is 0.228 e. The number of benzene rings is 4. The molecule has 0 fully saturated rings. The van der Waals surface area contributed by atoms with Gasteiger partial charge in [-0.25, -0.2) is 0 Å². The summed E-state index contributed by atoms with van der Waals surface area (Å²) >= 11 is 0. The summed E-state index contributed by atoms with van der Waals surface area (Å²) in [5.41, 5.74) is 4.37. The smallest absolute Gasteiger partial charge is 0.228 e. The van der Waals surface area contributed by atoms with Crippen LogP contribution in [0.1, 0.15) is 47.1 Å². The van der Waals surface area contributed by atoms with Crippen molar-refractivity contribution in [2.24, 2.45) is 0 Å². The van der Waals surface area contributed by atoms with Crippen LogP contribution in [-0.4, -0.2) is 5.91 Å². The Bertz CT molecular complexity index is 1040. The van der Waals surface area contributed by atoms with Gasteiger partial charge in [-0.1, -0.05) is 121 Å². The Labute approximate surface area is 184 Å². The molecular formula is C29H27NO. The van der Waals surface area contributed by atoms with Crippen LogP contribution in [-0.2, 0) is 4.79 Å². The largest absolute Gasteiger partial charge is 0.349 e. The van der Waals surface area contributed by atoms with Gasteiger partial charge in [0.2, 0.25) is 5.91 Å². The van der Waals surface area contributed by atoms with Crippen LogP contribution in [0.25, 0.3) is 0 Å². The number of carbonyl (C=O) groups excluding carboxylic acids is 1. The van der Waals surface area contributed by atoms with Crippen LogP contribution < -0.4 is 5.32 Å². The molecule has 0 unspecified atom stereocenters. The molecule has 0 bridgehead atoms. The van der Waals surface area contributed by atoms with Gasteiger partial charge in [0.25, 0.3) is 0 Å². The van der Waals surface area contributed by atoms with E-state index in [0.717, 1.165) is 22.3 Å². The first-order valence-electron chi connectivity index (χ1n) is 10.7. The van der Waals surface area contributed by atoms with Crippen molar-refractivity contribution in [2.45, 2.75) is 24.8 Å². The lowest BCUT2D eigenvalue weighted by Gasteiger charge is -2.29. The van der Waals surface area contributed by atoms with Crippen molar-refractivity contribution in [2.75, 3.05) is 0 Å². The van der Waals surface area contributed by atoms with Crippen LogP contribution in [0.15, 0.2) is 121 Å². The highest BCUT2D eigenvalue weighted by Gasteiger charge is 2.33. The molecule has 0 aromatic heterocycles. The highest BCUT2D eigenvalue weighted by Crippen LogP contribution is 2.39. The van der Waals surface area contributed by atoms with Crippen molar-refractivity contribution in [3.63, 3.8) is 0 Å². The van der Waals surface area contributed by atoms with E-state index in [9.17, 15) is 4.79 Å². The maximum absolute atomic E-state index is 13.8. The van der Waals surface area contributed by atoms with Crippen molar-refractivity contribution < 1.29 is 4.79 Å². The second-order valence-electron chi connectivity index (χ2n) is 7.83. The van der Waals surface area contributed by atoms with E-state index in [1.165, 1.54) is 0 Å². The van der Waals surface area contributed by atoms with Crippen LogP contribution in [0, 0.1) is 0 Å². The van der Waals surface area contributed by atoms with E-state index >= 15 is 0 Å². The van der Waals surface area contributed by atoms with Crippen molar-refractivity contribution in [1.82, 2.24) is 5.32 Å². The summed E-state index contributed by atoms with van der Waals surface area (Å²) in [6.07, 6.45) is 0.